The fourth-order valence-corrected chi connectivity index (χ4v) is 2.85. The number of aliphatic hydroxyl groups is 1. The maximum atomic E-state index is 12.2. The van der Waals surface area contributed by atoms with Gasteiger partial charge in [-0.05, 0) is 37.5 Å². The maximum absolute atomic E-state index is 12.2. The van der Waals surface area contributed by atoms with Crippen molar-refractivity contribution in [3.8, 4) is 5.75 Å². The van der Waals surface area contributed by atoms with Gasteiger partial charge >= 0.3 is 0 Å². The van der Waals surface area contributed by atoms with Crippen molar-refractivity contribution in [3.05, 3.63) is 28.2 Å². The normalized spacial score (nSPS) is 19.9. The van der Waals surface area contributed by atoms with Gasteiger partial charge in [0.25, 0.3) is 0 Å². The van der Waals surface area contributed by atoms with Crippen LogP contribution in [-0.4, -0.2) is 30.3 Å². The molecule has 3 atom stereocenters. The zero-order valence-electron chi connectivity index (χ0n) is 11.7. The summed E-state index contributed by atoms with van der Waals surface area (Å²) in [5, 5.41) is 12.3. The lowest BCUT2D eigenvalue weighted by atomic mass is 9.99. The lowest BCUT2D eigenvalue weighted by Crippen LogP contribution is -2.34. The van der Waals surface area contributed by atoms with Crippen LogP contribution in [0.3, 0.4) is 0 Å². The Bertz CT molecular complexity index is 490. The fraction of sp³-hybridized carbons (Fsp3) is 0.533. The van der Waals surface area contributed by atoms with E-state index in [-0.39, 0.29) is 23.8 Å². The monoisotopic (exact) mass is 341 g/mol. The van der Waals surface area contributed by atoms with Crippen LogP contribution in [0.4, 0.5) is 0 Å². The molecule has 1 heterocycles. The third-order valence-electron chi connectivity index (χ3n) is 3.44. The summed E-state index contributed by atoms with van der Waals surface area (Å²) in [6.07, 6.45) is 0.345. The van der Waals surface area contributed by atoms with E-state index in [2.05, 4.69) is 21.2 Å². The van der Waals surface area contributed by atoms with Crippen LogP contribution in [-0.2, 0) is 4.79 Å². The average molecular weight is 342 g/mol. The predicted octanol–water partition coefficient (Wildman–Crippen LogP) is 2.45. The van der Waals surface area contributed by atoms with Crippen molar-refractivity contribution >= 4 is 21.8 Å². The Labute approximate surface area is 127 Å². The minimum atomic E-state index is -0.339. The number of ether oxygens (including phenoxy) is 1. The van der Waals surface area contributed by atoms with Crippen LogP contribution in [0.2, 0.25) is 0 Å². The van der Waals surface area contributed by atoms with E-state index >= 15 is 0 Å². The van der Waals surface area contributed by atoms with Crippen LogP contribution < -0.4 is 10.1 Å². The van der Waals surface area contributed by atoms with Gasteiger partial charge in [0.1, 0.15) is 18.3 Å². The minimum absolute atomic E-state index is 0.0145. The van der Waals surface area contributed by atoms with Crippen molar-refractivity contribution in [2.75, 3.05) is 13.2 Å². The largest absolute Gasteiger partial charge is 0.492 e. The molecule has 2 rings (SSSR count). The second kappa shape index (κ2) is 6.59. The lowest BCUT2D eigenvalue weighted by molar-refractivity contribution is -0.123. The fourth-order valence-electron chi connectivity index (χ4n) is 2.47. The van der Waals surface area contributed by atoms with Crippen LogP contribution in [0.5, 0.6) is 5.75 Å². The van der Waals surface area contributed by atoms with Crippen molar-refractivity contribution in [1.29, 1.82) is 0 Å². The molecule has 0 saturated carbocycles. The lowest BCUT2D eigenvalue weighted by Gasteiger charge is -2.16. The van der Waals surface area contributed by atoms with E-state index in [4.69, 9.17) is 4.74 Å². The van der Waals surface area contributed by atoms with Gasteiger partial charge < -0.3 is 15.2 Å². The Morgan fingerprint density at radius 1 is 1.55 bits per heavy atom. The van der Waals surface area contributed by atoms with Gasteiger partial charge in [-0.25, -0.2) is 0 Å². The zero-order valence-corrected chi connectivity index (χ0v) is 13.3. The Balaban J connectivity index is 1.94. The highest BCUT2D eigenvalue weighted by molar-refractivity contribution is 9.10. The Morgan fingerprint density at radius 2 is 2.30 bits per heavy atom. The van der Waals surface area contributed by atoms with Crippen LogP contribution in [0.1, 0.15) is 31.7 Å². The molecule has 0 radical (unpaired) electrons. The van der Waals surface area contributed by atoms with E-state index in [1.54, 1.807) is 6.92 Å². The van der Waals surface area contributed by atoms with Crippen LogP contribution in [0, 0.1) is 5.92 Å². The number of nitrogens with one attached hydrogen (secondary N) is 1. The van der Waals surface area contributed by atoms with Crippen LogP contribution in [0.25, 0.3) is 0 Å². The molecular formula is C15H20BrNO3. The second-order valence-corrected chi connectivity index (χ2v) is 6.40. The van der Waals surface area contributed by atoms with Crippen molar-refractivity contribution in [2.24, 2.45) is 5.92 Å². The average Bonchev–Trinajstić information content (AvgIpc) is 2.78. The molecule has 5 heteroatoms. The molecule has 1 amide bonds. The van der Waals surface area contributed by atoms with E-state index < -0.39 is 0 Å². The summed E-state index contributed by atoms with van der Waals surface area (Å²) in [6.45, 7) is 4.74. The molecule has 1 aromatic rings. The van der Waals surface area contributed by atoms with Crippen molar-refractivity contribution < 1.29 is 14.6 Å². The molecule has 0 spiro atoms. The molecular weight excluding hydrogens is 322 g/mol. The summed E-state index contributed by atoms with van der Waals surface area (Å²) in [7, 11) is 0. The number of halogens is 1. The number of fused-ring (bicyclic) bond motifs is 1. The van der Waals surface area contributed by atoms with E-state index in [9.17, 15) is 9.90 Å². The molecule has 1 aliphatic rings. The van der Waals surface area contributed by atoms with E-state index in [1.807, 2.05) is 25.1 Å². The Kier molecular flexibility index (Phi) is 5.05. The highest BCUT2D eigenvalue weighted by Gasteiger charge is 2.30. The molecule has 110 valence electrons. The summed E-state index contributed by atoms with van der Waals surface area (Å²) in [5.41, 5.74) is 0.931. The molecule has 1 aliphatic heterocycles. The smallest absolute Gasteiger partial charge is 0.231 e. The van der Waals surface area contributed by atoms with Gasteiger partial charge in [0.2, 0.25) is 5.91 Å². The first-order chi connectivity index (χ1) is 9.47. The van der Waals surface area contributed by atoms with Gasteiger partial charge in [-0.1, -0.05) is 22.9 Å². The Hall–Kier alpha value is -1.07. The summed E-state index contributed by atoms with van der Waals surface area (Å²) in [5.74, 6) is 0.772. The number of amides is 1. The van der Waals surface area contributed by atoms with Gasteiger partial charge in [0, 0.05) is 16.6 Å². The molecule has 0 aliphatic carbocycles. The van der Waals surface area contributed by atoms with E-state index in [0.29, 0.717) is 19.6 Å². The summed E-state index contributed by atoms with van der Waals surface area (Å²) < 4.78 is 6.48. The van der Waals surface area contributed by atoms with Gasteiger partial charge in [-0.3, -0.25) is 4.79 Å². The first kappa shape index (κ1) is 15.3. The third-order valence-corrected chi connectivity index (χ3v) is 3.93. The number of hydrogen-bond donors (Lipinski definition) is 2. The van der Waals surface area contributed by atoms with E-state index in [1.165, 1.54) is 0 Å². The first-order valence-electron chi connectivity index (χ1n) is 6.85. The molecule has 4 nitrogen and oxygen atoms in total. The standard InChI is InChI=1S/C15H20BrNO3/c1-9(5-10(2)18)7-17-15(19)13-8-20-14-4-3-11(16)6-12(13)14/h3-4,6,9-10,13,18H,5,7-8H2,1-2H3,(H,17,19). The summed E-state index contributed by atoms with van der Waals surface area (Å²) in [4.78, 5) is 12.2. The topological polar surface area (TPSA) is 58.6 Å². The van der Waals surface area contributed by atoms with Crippen LogP contribution >= 0.6 is 15.9 Å². The number of carbonyl (C=O) groups is 1. The van der Waals surface area contributed by atoms with Crippen LogP contribution in [0.15, 0.2) is 22.7 Å². The highest BCUT2D eigenvalue weighted by Crippen LogP contribution is 2.35. The van der Waals surface area contributed by atoms with Crippen molar-refractivity contribution in [2.45, 2.75) is 32.3 Å². The molecule has 1 aromatic carbocycles. The number of benzene rings is 1. The molecule has 20 heavy (non-hydrogen) atoms. The number of carbonyl (C=O) groups excluding carboxylic acids is 1. The van der Waals surface area contributed by atoms with Crippen molar-refractivity contribution in [1.82, 2.24) is 5.32 Å². The molecule has 2 N–H and O–H groups in total. The van der Waals surface area contributed by atoms with Gasteiger partial charge in [-0.2, -0.15) is 0 Å². The molecule has 0 saturated heterocycles. The van der Waals surface area contributed by atoms with E-state index in [0.717, 1.165) is 15.8 Å². The molecule has 0 fully saturated rings. The van der Waals surface area contributed by atoms with Gasteiger partial charge in [0.05, 0.1) is 6.10 Å². The maximum Gasteiger partial charge on any atom is 0.231 e. The highest BCUT2D eigenvalue weighted by atomic mass is 79.9. The van der Waals surface area contributed by atoms with Crippen molar-refractivity contribution in [3.63, 3.8) is 0 Å². The van der Waals surface area contributed by atoms with Gasteiger partial charge in [0.15, 0.2) is 0 Å². The zero-order chi connectivity index (χ0) is 14.7. The number of hydrogen-bond acceptors (Lipinski definition) is 3. The summed E-state index contributed by atoms with van der Waals surface area (Å²) in [6, 6.07) is 5.72. The summed E-state index contributed by atoms with van der Waals surface area (Å²) >= 11 is 3.42. The second-order valence-electron chi connectivity index (χ2n) is 5.48. The van der Waals surface area contributed by atoms with Gasteiger partial charge in [-0.15, -0.1) is 0 Å². The Morgan fingerprint density at radius 3 is 3.00 bits per heavy atom. The predicted molar refractivity (Wildman–Crippen MR) is 80.8 cm³/mol. The molecule has 0 aromatic heterocycles. The number of rotatable bonds is 5. The molecule has 0 bridgehead atoms. The quantitative estimate of drug-likeness (QED) is 0.864. The minimum Gasteiger partial charge on any atom is -0.492 e. The third kappa shape index (κ3) is 3.73. The molecule has 3 unspecified atom stereocenters. The first-order valence-corrected chi connectivity index (χ1v) is 7.64. The SMILES string of the molecule is CC(O)CC(C)CNC(=O)C1COc2ccc(Br)cc21. The number of aliphatic hydroxyl groups excluding tert-OH is 1.